The molecule has 0 radical (unpaired) electrons. The van der Waals surface area contributed by atoms with E-state index in [4.69, 9.17) is 16.4 Å². The van der Waals surface area contributed by atoms with Gasteiger partial charge in [-0.3, -0.25) is 0 Å². The molecule has 1 aromatic carbocycles. The summed E-state index contributed by atoms with van der Waals surface area (Å²) in [5.74, 6) is -1.71. The van der Waals surface area contributed by atoms with Crippen molar-refractivity contribution in [2.24, 2.45) is 0 Å². The van der Waals surface area contributed by atoms with Gasteiger partial charge in [0.2, 0.25) is 0 Å². The Balaban J connectivity index is 2.81. The molecule has 0 spiro atoms. The van der Waals surface area contributed by atoms with E-state index in [-0.39, 0.29) is 28.3 Å². The van der Waals surface area contributed by atoms with Crippen LogP contribution in [0.1, 0.15) is 10.4 Å². The van der Waals surface area contributed by atoms with Gasteiger partial charge < -0.3 is 14.7 Å². The highest BCUT2D eigenvalue weighted by Gasteiger charge is 2.20. The van der Waals surface area contributed by atoms with Crippen LogP contribution in [0.5, 0.6) is 5.75 Å². The number of aromatic nitrogens is 1. The molecule has 1 N–H and O–H groups in total. The van der Waals surface area contributed by atoms with Gasteiger partial charge in [0.05, 0.1) is 12.7 Å². The smallest absolute Gasteiger partial charge is 0.340 e. The molecule has 1 aromatic heterocycles. The Morgan fingerprint density at radius 2 is 2.25 bits per heavy atom. The molecule has 0 aliphatic carbocycles. The maximum Gasteiger partial charge on any atom is 0.340 e. The van der Waals surface area contributed by atoms with E-state index in [0.717, 1.165) is 6.20 Å². The summed E-state index contributed by atoms with van der Waals surface area (Å²) in [6.07, 6.45) is 1.04. The van der Waals surface area contributed by atoms with Gasteiger partial charge in [-0.25, -0.2) is 9.18 Å². The van der Waals surface area contributed by atoms with Crippen molar-refractivity contribution in [2.45, 2.75) is 0 Å². The molecule has 1 heterocycles. The molecular weight excluding hydrogens is 263 g/mol. The second kappa shape index (κ2) is 5.36. The molecule has 0 aliphatic rings. The van der Waals surface area contributed by atoms with Gasteiger partial charge in [-0.1, -0.05) is 12.6 Å². The number of hydrogen-bond acceptors (Lipinski definition) is 3. The number of rotatable bonds is 3. The van der Waals surface area contributed by atoms with Crippen LogP contribution in [0.2, 0.25) is 0 Å². The molecule has 0 saturated carbocycles. The highest BCUT2D eigenvalue weighted by atomic mass is 19.1. The summed E-state index contributed by atoms with van der Waals surface area (Å²) in [4.78, 5) is 18.0. The van der Waals surface area contributed by atoms with Crippen LogP contribution in [-0.4, -0.2) is 23.2 Å². The van der Waals surface area contributed by atoms with Gasteiger partial charge in [0.15, 0.2) is 0 Å². The summed E-state index contributed by atoms with van der Waals surface area (Å²) in [5.41, 5.74) is -0.131. The summed E-state index contributed by atoms with van der Waals surface area (Å²) in [6.45, 7) is 6.92. The van der Waals surface area contributed by atoms with Crippen LogP contribution in [0.3, 0.4) is 0 Å². The van der Waals surface area contributed by atoms with E-state index < -0.39 is 11.8 Å². The molecule has 0 atom stereocenters. The number of carboxylic acid groups (broad SMARTS) is 1. The van der Waals surface area contributed by atoms with E-state index in [1.807, 2.05) is 0 Å². The zero-order valence-corrected chi connectivity index (χ0v) is 10.4. The molecule has 0 unspecified atom stereocenters. The Hall–Kier alpha value is -2.94. The number of hydrogen-bond donors (Lipinski definition) is 1. The summed E-state index contributed by atoms with van der Waals surface area (Å²) in [6, 6.07) is 5.40. The van der Waals surface area contributed by atoms with Gasteiger partial charge in [0.1, 0.15) is 23.3 Å². The maximum absolute atomic E-state index is 14.0. The topological polar surface area (TPSA) is 63.8 Å². The average molecular weight is 272 g/mol. The minimum atomic E-state index is -1.26. The lowest BCUT2D eigenvalue weighted by Gasteiger charge is -2.11. The van der Waals surface area contributed by atoms with E-state index in [0.29, 0.717) is 0 Å². The Morgan fingerprint density at radius 3 is 2.85 bits per heavy atom. The molecular formula is C14H9FN2O3. The molecule has 100 valence electrons. The highest BCUT2D eigenvalue weighted by Crippen LogP contribution is 2.36. The zero-order valence-electron chi connectivity index (χ0n) is 10.4. The van der Waals surface area contributed by atoms with Crippen molar-refractivity contribution < 1.29 is 19.0 Å². The van der Waals surface area contributed by atoms with Gasteiger partial charge in [0.25, 0.3) is 5.82 Å². The lowest BCUT2D eigenvalue weighted by atomic mass is 10.00. The van der Waals surface area contributed by atoms with E-state index >= 15 is 0 Å². The van der Waals surface area contributed by atoms with Crippen LogP contribution in [0, 0.1) is 12.4 Å². The number of pyridine rings is 1. The van der Waals surface area contributed by atoms with E-state index in [1.165, 1.54) is 31.4 Å². The van der Waals surface area contributed by atoms with Gasteiger partial charge in [-0.15, -0.1) is 4.98 Å². The molecule has 2 rings (SSSR count). The number of benzene rings is 1. The minimum Gasteiger partial charge on any atom is -0.496 e. The number of nitrogens with zero attached hydrogens (tertiary/aromatic N) is 2. The van der Waals surface area contributed by atoms with Gasteiger partial charge >= 0.3 is 5.97 Å². The number of ether oxygens (including phenoxy) is 1. The van der Waals surface area contributed by atoms with Crippen molar-refractivity contribution >= 4 is 11.8 Å². The first-order valence-corrected chi connectivity index (χ1v) is 5.52. The summed E-state index contributed by atoms with van der Waals surface area (Å²) < 4.78 is 19.1. The van der Waals surface area contributed by atoms with Crippen LogP contribution >= 0.6 is 0 Å². The van der Waals surface area contributed by atoms with Crippen molar-refractivity contribution in [1.29, 1.82) is 0 Å². The van der Waals surface area contributed by atoms with E-state index in [1.54, 1.807) is 0 Å². The third-order valence-electron chi connectivity index (χ3n) is 2.70. The third kappa shape index (κ3) is 2.29. The molecule has 20 heavy (non-hydrogen) atoms. The van der Waals surface area contributed by atoms with Crippen LogP contribution < -0.4 is 4.74 Å². The molecule has 0 aliphatic heterocycles. The van der Waals surface area contributed by atoms with Gasteiger partial charge in [-0.2, -0.15) is 0 Å². The van der Waals surface area contributed by atoms with Crippen molar-refractivity contribution in [3.05, 3.63) is 53.3 Å². The SMILES string of the molecule is [C-]#[N+]c1cc(-c2c(F)cccc2OC)c(C(=O)O)cn1. The second-order valence-electron chi connectivity index (χ2n) is 3.82. The number of carbonyl (C=O) groups is 1. The fourth-order valence-electron chi connectivity index (χ4n) is 1.82. The summed E-state index contributed by atoms with van der Waals surface area (Å²) in [5, 5.41) is 9.16. The lowest BCUT2D eigenvalue weighted by molar-refractivity contribution is 0.0697. The fraction of sp³-hybridized carbons (Fsp3) is 0.0714. The molecule has 0 saturated heterocycles. The van der Waals surface area contributed by atoms with Crippen molar-refractivity contribution in [3.63, 3.8) is 0 Å². The molecule has 0 fully saturated rings. The Bertz CT molecular complexity index is 723. The normalized spacial score (nSPS) is 9.85. The monoisotopic (exact) mass is 272 g/mol. The molecule has 5 nitrogen and oxygen atoms in total. The van der Waals surface area contributed by atoms with Crippen LogP contribution in [-0.2, 0) is 0 Å². The largest absolute Gasteiger partial charge is 0.496 e. The quantitative estimate of drug-likeness (QED) is 0.872. The summed E-state index contributed by atoms with van der Waals surface area (Å²) >= 11 is 0. The average Bonchev–Trinajstić information content (AvgIpc) is 2.46. The van der Waals surface area contributed by atoms with Crippen LogP contribution in [0.25, 0.3) is 16.0 Å². The van der Waals surface area contributed by atoms with Crippen molar-refractivity contribution in [1.82, 2.24) is 4.98 Å². The van der Waals surface area contributed by atoms with E-state index in [2.05, 4.69) is 9.83 Å². The van der Waals surface area contributed by atoms with Crippen LogP contribution in [0.4, 0.5) is 10.2 Å². The first-order valence-electron chi connectivity index (χ1n) is 5.52. The highest BCUT2D eigenvalue weighted by molar-refractivity contribution is 5.97. The standard InChI is InChI=1S/C14H9FN2O3/c1-16-12-6-8(9(7-17-12)14(18)19)13-10(15)4-3-5-11(13)20-2/h3-7H,2H3,(H,18,19). The van der Waals surface area contributed by atoms with Gasteiger partial charge in [-0.05, 0) is 23.8 Å². The first kappa shape index (κ1) is 13.5. The minimum absolute atomic E-state index is 0.000278. The van der Waals surface area contributed by atoms with Crippen LogP contribution in [0.15, 0.2) is 30.5 Å². The number of halogens is 1. The molecule has 2 aromatic rings. The number of aromatic carboxylic acids is 1. The third-order valence-corrected chi connectivity index (χ3v) is 2.70. The fourth-order valence-corrected chi connectivity index (χ4v) is 1.82. The maximum atomic E-state index is 14.0. The number of carboxylic acids is 1. The number of methoxy groups -OCH3 is 1. The predicted octanol–water partition coefficient (Wildman–Crippen LogP) is 3.15. The van der Waals surface area contributed by atoms with Crippen molar-refractivity contribution in [3.8, 4) is 16.9 Å². The predicted molar refractivity (Wildman–Crippen MR) is 69.4 cm³/mol. The molecule has 0 bridgehead atoms. The zero-order chi connectivity index (χ0) is 14.7. The Kier molecular flexibility index (Phi) is 3.62. The molecule has 6 heteroatoms. The van der Waals surface area contributed by atoms with E-state index in [9.17, 15) is 9.18 Å². The first-order chi connectivity index (χ1) is 9.58. The van der Waals surface area contributed by atoms with Crippen molar-refractivity contribution in [2.75, 3.05) is 7.11 Å². The van der Waals surface area contributed by atoms with Gasteiger partial charge in [0, 0.05) is 0 Å². The Labute approximate surface area is 114 Å². The lowest BCUT2D eigenvalue weighted by Crippen LogP contribution is -2.02. The summed E-state index contributed by atoms with van der Waals surface area (Å²) in [7, 11) is 1.36. The second-order valence-corrected chi connectivity index (χ2v) is 3.82. The Morgan fingerprint density at radius 1 is 1.50 bits per heavy atom. The molecule has 0 amide bonds.